The molecule has 0 radical (unpaired) electrons. The van der Waals surface area contributed by atoms with Gasteiger partial charge in [-0.05, 0) is 29.9 Å². The van der Waals surface area contributed by atoms with Gasteiger partial charge in [0.15, 0.2) is 5.11 Å². The van der Waals surface area contributed by atoms with Crippen molar-refractivity contribution in [2.75, 3.05) is 5.32 Å². The summed E-state index contributed by atoms with van der Waals surface area (Å²) >= 11 is 5.02. The molecule has 26 heavy (non-hydrogen) atoms. The number of rotatable bonds is 5. The number of benzene rings is 2. The van der Waals surface area contributed by atoms with E-state index in [2.05, 4.69) is 21.5 Å². The van der Waals surface area contributed by atoms with Crippen LogP contribution in [-0.4, -0.2) is 16.9 Å². The van der Waals surface area contributed by atoms with Gasteiger partial charge in [-0.25, -0.2) is 4.39 Å². The van der Waals surface area contributed by atoms with Gasteiger partial charge < -0.3 is 10.6 Å². The Hall–Kier alpha value is -3.00. The van der Waals surface area contributed by atoms with Crippen LogP contribution in [0.1, 0.15) is 24.9 Å². The zero-order valence-electron chi connectivity index (χ0n) is 14.1. The second kappa shape index (κ2) is 9.47. The molecule has 0 bridgehead atoms. The Kier molecular flexibility index (Phi) is 7.04. The maximum absolute atomic E-state index is 13.6. The summed E-state index contributed by atoms with van der Waals surface area (Å²) in [5.74, 6) is -1.08. The first-order chi connectivity index (χ1) is 12.5. The van der Waals surface area contributed by atoms with Crippen LogP contribution in [0.2, 0.25) is 0 Å². The monoisotopic (exact) mass is 374 g/mol. The van der Waals surface area contributed by atoms with Crippen molar-refractivity contribution in [1.82, 2.24) is 16.2 Å². The largest absolute Gasteiger partial charge is 0.349 e. The van der Waals surface area contributed by atoms with E-state index in [1.165, 1.54) is 19.1 Å². The fraction of sp³-hybridized carbons (Fsp3) is 0.167. The van der Waals surface area contributed by atoms with Gasteiger partial charge in [-0.3, -0.25) is 20.4 Å². The molecule has 0 aromatic heterocycles. The lowest BCUT2D eigenvalue weighted by Gasteiger charge is -2.18. The van der Waals surface area contributed by atoms with Crippen LogP contribution in [0.3, 0.4) is 0 Å². The maximum atomic E-state index is 13.6. The molecule has 1 atom stereocenters. The first-order valence-corrected chi connectivity index (χ1v) is 8.29. The van der Waals surface area contributed by atoms with Crippen LogP contribution in [0.25, 0.3) is 0 Å². The Morgan fingerprint density at radius 1 is 1.04 bits per heavy atom. The highest BCUT2D eigenvalue weighted by Crippen LogP contribution is 2.16. The molecular weight excluding hydrogens is 355 g/mol. The van der Waals surface area contributed by atoms with Crippen LogP contribution < -0.4 is 21.5 Å². The fourth-order valence-electron chi connectivity index (χ4n) is 2.26. The highest BCUT2D eigenvalue weighted by atomic mass is 32.1. The lowest BCUT2D eigenvalue weighted by atomic mass is 10.0. The number of thiocarbonyl (C=S) groups is 1. The summed E-state index contributed by atoms with van der Waals surface area (Å²) in [6.07, 6.45) is 0.0128. The molecule has 0 aliphatic carbocycles. The van der Waals surface area contributed by atoms with Crippen LogP contribution in [0.5, 0.6) is 0 Å². The lowest BCUT2D eigenvalue weighted by Crippen LogP contribution is -2.45. The molecule has 2 aromatic carbocycles. The number of amides is 2. The van der Waals surface area contributed by atoms with E-state index in [0.717, 1.165) is 5.56 Å². The molecular formula is C18H19FN4O2S. The molecule has 8 heteroatoms. The summed E-state index contributed by atoms with van der Waals surface area (Å²) < 4.78 is 13.6. The highest BCUT2D eigenvalue weighted by Gasteiger charge is 2.17. The summed E-state index contributed by atoms with van der Waals surface area (Å²) in [4.78, 5) is 23.5. The summed E-state index contributed by atoms with van der Waals surface area (Å²) in [7, 11) is 0. The first-order valence-electron chi connectivity index (χ1n) is 7.88. The summed E-state index contributed by atoms with van der Waals surface area (Å²) in [6, 6.07) is 14.7. The van der Waals surface area contributed by atoms with Gasteiger partial charge in [-0.2, -0.15) is 0 Å². The zero-order valence-corrected chi connectivity index (χ0v) is 14.9. The Morgan fingerprint density at radius 3 is 2.35 bits per heavy atom. The number of hydrogen-bond donors (Lipinski definition) is 4. The SMILES string of the molecule is CC(=O)N[C@@H](CC(=O)NNC(=S)Nc1ccccc1F)c1ccccc1. The molecule has 2 rings (SSSR count). The van der Waals surface area contributed by atoms with Crippen molar-refractivity contribution in [1.29, 1.82) is 0 Å². The van der Waals surface area contributed by atoms with Gasteiger partial charge in [-0.1, -0.05) is 42.5 Å². The van der Waals surface area contributed by atoms with Crippen molar-refractivity contribution in [2.45, 2.75) is 19.4 Å². The fourth-order valence-corrected chi connectivity index (χ4v) is 2.42. The second-order valence-electron chi connectivity index (χ2n) is 5.48. The maximum Gasteiger partial charge on any atom is 0.240 e. The molecule has 2 amide bonds. The van der Waals surface area contributed by atoms with E-state index >= 15 is 0 Å². The van der Waals surface area contributed by atoms with Gasteiger partial charge in [0.05, 0.1) is 18.2 Å². The number of nitrogens with one attached hydrogen (secondary N) is 4. The van der Waals surface area contributed by atoms with Crippen molar-refractivity contribution in [3.63, 3.8) is 0 Å². The molecule has 136 valence electrons. The topological polar surface area (TPSA) is 82.3 Å². The minimum absolute atomic E-state index is 0.0128. The Bertz CT molecular complexity index is 786. The molecule has 0 saturated heterocycles. The average molecular weight is 374 g/mol. The quantitative estimate of drug-likeness (QED) is 0.477. The molecule has 2 aromatic rings. The number of para-hydroxylation sites is 1. The molecule has 6 nitrogen and oxygen atoms in total. The molecule has 0 fully saturated rings. The van der Waals surface area contributed by atoms with Crippen LogP contribution in [-0.2, 0) is 9.59 Å². The van der Waals surface area contributed by atoms with Gasteiger partial charge in [-0.15, -0.1) is 0 Å². The Balaban J connectivity index is 1.88. The van der Waals surface area contributed by atoms with E-state index in [1.54, 1.807) is 12.1 Å². The minimum atomic E-state index is -0.469. The predicted molar refractivity (Wildman–Crippen MR) is 102 cm³/mol. The number of hydrazine groups is 1. The van der Waals surface area contributed by atoms with E-state index < -0.39 is 11.9 Å². The smallest absolute Gasteiger partial charge is 0.240 e. The number of carbonyl (C=O) groups is 2. The van der Waals surface area contributed by atoms with Crippen molar-refractivity contribution >= 4 is 34.8 Å². The Labute approximate surface area is 156 Å². The minimum Gasteiger partial charge on any atom is -0.349 e. The molecule has 0 heterocycles. The second-order valence-corrected chi connectivity index (χ2v) is 5.88. The molecule has 0 spiro atoms. The molecule has 0 aliphatic heterocycles. The highest BCUT2D eigenvalue weighted by molar-refractivity contribution is 7.80. The number of hydrogen-bond acceptors (Lipinski definition) is 3. The lowest BCUT2D eigenvalue weighted by molar-refractivity contribution is -0.123. The third-order valence-corrected chi connectivity index (χ3v) is 3.61. The summed E-state index contributed by atoms with van der Waals surface area (Å²) in [5.41, 5.74) is 5.94. The predicted octanol–water partition coefficient (Wildman–Crippen LogP) is 2.41. The van der Waals surface area contributed by atoms with Crippen LogP contribution >= 0.6 is 12.2 Å². The van der Waals surface area contributed by atoms with Crippen LogP contribution in [0, 0.1) is 5.82 Å². The molecule has 0 aliphatic rings. The zero-order chi connectivity index (χ0) is 18.9. The van der Waals surface area contributed by atoms with Crippen LogP contribution in [0.4, 0.5) is 10.1 Å². The normalized spacial score (nSPS) is 11.2. The van der Waals surface area contributed by atoms with E-state index in [0.29, 0.717) is 0 Å². The standard InChI is InChI=1S/C18H19FN4O2S/c1-12(24)20-16(13-7-3-2-4-8-13)11-17(25)22-23-18(26)21-15-10-6-5-9-14(15)19/h2-10,16H,11H2,1H3,(H,20,24)(H,22,25)(H2,21,23,26)/t16-/m0/s1. The van der Waals surface area contributed by atoms with Gasteiger partial charge >= 0.3 is 0 Å². The molecule has 0 saturated carbocycles. The summed E-state index contributed by atoms with van der Waals surface area (Å²) in [6.45, 7) is 1.39. The van der Waals surface area contributed by atoms with E-state index in [1.807, 2.05) is 30.3 Å². The number of carbonyl (C=O) groups excluding carboxylic acids is 2. The van der Waals surface area contributed by atoms with Gasteiger partial charge in [0.1, 0.15) is 5.82 Å². The number of halogens is 1. The average Bonchev–Trinajstić information content (AvgIpc) is 2.62. The van der Waals surface area contributed by atoms with Crippen molar-refractivity contribution in [2.24, 2.45) is 0 Å². The first kappa shape index (κ1) is 19.3. The van der Waals surface area contributed by atoms with Crippen LogP contribution in [0.15, 0.2) is 54.6 Å². The van der Waals surface area contributed by atoms with E-state index in [-0.39, 0.29) is 29.0 Å². The van der Waals surface area contributed by atoms with E-state index in [9.17, 15) is 14.0 Å². The molecule has 0 unspecified atom stereocenters. The summed E-state index contributed by atoms with van der Waals surface area (Å²) in [5, 5.41) is 5.42. The third-order valence-electron chi connectivity index (χ3n) is 3.41. The van der Waals surface area contributed by atoms with Crippen molar-refractivity contribution in [3.8, 4) is 0 Å². The van der Waals surface area contributed by atoms with Crippen molar-refractivity contribution < 1.29 is 14.0 Å². The number of anilines is 1. The van der Waals surface area contributed by atoms with Gasteiger partial charge in [0.25, 0.3) is 0 Å². The van der Waals surface area contributed by atoms with Gasteiger partial charge in [0.2, 0.25) is 11.8 Å². The Morgan fingerprint density at radius 2 is 1.69 bits per heavy atom. The van der Waals surface area contributed by atoms with E-state index in [4.69, 9.17) is 12.2 Å². The van der Waals surface area contributed by atoms with Crippen molar-refractivity contribution in [3.05, 3.63) is 66.0 Å². The molecule has 4 N–H and O–H groups in total. The third kappa shape index (κ3) is 6.14. The van der Waals surface area contributed by atoms with Gasteiger partial charge in [0, 0.05) is 6.92 Å².